The van der Waals surface area contributed by atoms with Crippen molar-refractivity contribution in [3.63, 3.8) is 0 Å². The molecule has 0 heterocycles. The normalized spacial score (nSPS) is 13.5. The summed E-state index contributed by atoms with van der Waals surface area (Å²) < 4.78 is 16.8. The predicted molar refractivity (Wildman–Crippen MR) is 117 cm³/mol. The lowest BCUT2D eigenvalue weighted by Gasteiger charge is -2.21. The average Bonchev–Trinajstić information content (AvgIpc) is 2.74. The summed E-state index contributed by atoms with van der Waals surface area (Å²) in [5.74, 6) is 5.20. The highest BCUT2D eigenvalue weighted by molar-refractivity contribution is 4.95. The minimum atomic E-state index is -0.472. The molecule has 0 aliphatic rings. The lowest BCUT2D eigenvalue weighted by molar-refractivity contribution is -0.0723. The van der Waals surface area contributed by atoms with Gasteiger partial charge in [0.25, 0.3) is 0 Å². The van der Waals surface area contributed by atoms with Crippen molar-refractivity contribution in [1.82, 2.24) is 5.01 Å². The van der Waals surface area contributed by atoms with Gasteiger partial charge in [0.05, 0.1) is 65.2 Å². The van der Waals surface area contributed by atoms with Crippen LogP contribution >= 0.6 is 0 Å². The van der Waals surface area contributed by atoms with Crippen molar-refractivity contribution in [3.05, 3.63) is 11.9 Å². The zero-order valence-electron chi connectivity index (χ0n) is 18.8. The minimum absolute atomic E-state index is 0.109. The van der Waals surface area contributed by atoms with Gasteiger partial charge in [-0.15, -0.1) is 0 Å². The van der Waals surface area contributed by atoms with E-state index in [0.29, 0.717) is 12.2 Å². The quantitative estimate of drug-likeness (QED) is 0.0585. The van der Waals surface area contributed by atoms with Crippen LogP contribution in [0.4, 0.5) is 0 Å². The lowest BCUT2D eigenvalue weighted by Crippen LogP contribution is -2.32. The molecule has 0 bridgehead atoms. The van der Waals surface area contributed by atoms with Gasteiger partial charge in [-0.2, -0.15) is 0 Å². The molecule has 0 unspecified atom stereocenters. The molecule has 31 heavy (non-hydrogen) atoms. The van der Waals surface area contributed by atoms with Crippen molar-refractivity contribution in [2.75, 3.05) is 66.0 Å². The number of unbranched alkanes of at least 4 members (excludes halogenated alkanes) is 1. The van der Waals surface area contributed by atoms with Crippen LogP contribution in [0.5, 0.6) is 0 Å². The SMILES string of the molecule is C[C@H](N)CCCCN(N)/C=C(\N)COC(COCC(CO)CO)COCC(CO)CO. The molecule has 0 rings (SSSR count). The van der Waals surface area contributed by atoms with E-state index in [1.165, 1.54) is 5.01 Å². The number of hydrazine groups is 1. The van der Waals surface area contributed by atoms with Crippen molar-refractivity contribution in [2.45, 2.75) is 38.3 Å². The fourth-order valence-corrected chi connectivity index (χ4v) is 2.49. The Balaban J connectivity index is 4.48. The summed E-state index contributed by atoms with van der Waals surface area (Å²) in [6.07, 6.45) is 3.98. The van der Waals surface area contributed by atoms with Gasteiger partial charge in [0.15, 0.2) is 0 Å². The summed E-state index contributed by atoms with van der Waals surface area (Å²) in [4.78, 5) is 0. The minimum Gasteiger partial charge on any atom is -0.399 e. The first kappa shape index (κ1) is 30.0. The maximum absolute atomic E-state index is 9.12. The molecule has 1 atom stereocenters. The van der Waals surface area contributed by atoms with Crippen molar-refractivity contribution in [2.24, 2.45) is 29.1 Å². The molecular weight excluding hydrogens is 408 g/mol. The van der Waals surface area contributed by atoms with E-state index in [9.17, 15) is 0 Å². The molecule has 0 aromatic carbocycles. The van der Waals surface area contributed by atoms with E-state index < -0.39 is 6.10 Å². The van der Waals surface area contributed by atoms with E-state index in [1.54, 1.807) is 6.20 Å². The number of nitrogens with two attached hydrogens (primary N) is 3. The molecule has 0 spiro atoms. The van der Waals surface area contributed by atoms with Crippen LogP contribution in [0, 0.1) is 11.8 Å². The number of rotatable bonds is 21. The Hall–Kier alpha value is -1.02. The van der Waals surface area contributed by atoms with Crippen LogP contribution in [0.1, 0.15) is 26.2 Å². The Morgan fingerprint density at radius 2 is 1.42 bits per heavy atom. The third-order valence-electron chi connectivity index (χ3n) is 4.49. The summed E-state index contributed by atoms with van der Waals surface area (Å²) in [6.45, 7) is 2.68. The lowest BCUT2D eigenvalue weighted by atomic mass is 10.1. The van der Waals surface area contributed by atoms with Gasteiger partial charge in [0, 0.05) is 30.6 Å². The van der Waals surface area contributed by atoms with Gasteiger partial charge >= 0.3 is 0 Å². The molecule has 0 saturated heterocycles. The smallest absolute Gasteiger partial charge is 0.105 e. The van der Waals surface area contributed by atoms with Crippen LogP contribution in [0.3, 0.4) is 0 Å². The van der Waals surface area contributed by atoms with E-state index >= 15 is 0 Å². The Morgan fingerprint density at radius 1 is 0.903 bits per heavy atom. The van der Waals surface area contributed by atoms with Crippen LogP contribution in [-0.4, -0.2) is 104 Å². The predicted octanol–water partition coefficient (Wildman–Crippen LogP) is -1.90. The molecule has 0 aliphatic carbocycles. The highest BCUT2D eigenvalue weighted by Crippen LogP contribution is 2.04. The van der Waals surface area contributed by atoms with Gasteiger partial charge in [-0.1, -0.05) is 6.42 Å². The number of hydrogen-bond donors (Lipinski definition) is 7. The van der Waals surface area contributed by atoms with Gasteiger partial charge in [0.1, 0.15) is 6.10 Å². The first-order valence-electron chi connectivity index (χ1n) is 10.8. The molecule has 11 nitrogen and oxygen atoms in total. The van der Waals surface area contributed by atoms with Crippen LogP contribution in [0.15, 0.2) is 11.9 Å². The van der Waals surface area contributed by atoms with Gasteiger partial charge < -0.3 is 51.1 Å². The molecule has 0 aliphatic heterocycles. The molecule has 0 saturated carbocycles. The number of aliphatic hydroxyl groups is 4. The fraction of sp³-hybridized carbons (Fsp3) is 0.900. The second-order valence-electron chi connectivity index (χ2n) is 7.89. The fourth-order valence-electron chi connectivity index (χ4n) is 2.49. The summed E-state index contributed by atoms with van der Waals surface area (Å²) in [5, 5.41) is 38.0. The van der Waals surface area contributed by atoms with Gasteiger partial charge in [0.2, 0.25) is 0 Å². The number of nitrogens with zero attached hydrogens (tertiary/aromatic N) is 1. The highest BCUT2D eigenvalue weighted by Gasteiger charge is 2.15. The standard InChI is InChI=1S/C20H44N4O7/c1-16(21)4-2-3-5-24(23)6-19(22)13-31-20(14-29-11-17(7-25)8-26)15-30-12-18(9-27)10-28/h6,16-18,20,25-28H,2-5,7-15,21-23H2,1H3/b19-6-/t16-/m0/s1. The summed E-state index contributed by atoms with van der Waals surface area (Å²) in [5.41, 5.74) is 12.2. The maximum atomic E-state index is 9.12. The number of hydrogen-bond acceptors (Lipinski definition) is 11. The molecule has 186 valence electrons. The first-order valence-corrected chi connectivity index (χ1v) is 10.8. The Morgan fingerprint density at radius 3 is 1.87 bits per heavy atom. The van der Waals surface area contributed by atoms with Crippen molar-refractivity contribution in [3.8, 4) is 0 Å². The third-order valence-corrected chi connectivity index (χ3v) is 4.49. The van der Waals surface area contributed by atoms with Gasteiger partial charge in [-0.05, 0) is 19.8 Å². The largest absolute Gasteiger partial charge is 0.399 e. The molecule has 11 heteroatoms. The zero-order valence-corrected chi connectivity index (χ0v) is 18.8. The maximum Gasteiger partial charge on any atom is 0.105 e. The van der Waals surface area contributed by atoms with E-state index in [-0.39, 0.29) is 77.3 Å². The third kappa shape index (κ3) is 17.2. The number of aliphatic hydroxyl groups excluding tert-OH is 4. The number of ether oxygens (including phenoxy) is 3. The van der Waals surface area contributed by atoms with E-state index in [1.807, 2.05) is 6.92 Å². The monoisotopic (exact) mass is 452 g/mol. The Kier molecular flexibility index (Phi) is 19.0. The van der Waals surface area contributed by atoms with Crippen LogP contribution in [-0.2, 0) is 14.2 Å². The van der Waals surface area contributed by atoms with Gasteiger partial charge in [-0.25, -0.2) is 5.84 Å². The van der Waals surface area contributed by atoms with Gasteiger partial charge in [-0.3, -0.25) is 0 Å². The average molecular weight is 453 g/mol. The van der Waals surface area contributed by atoms with Crippen molar-refractivity contribution < 1.29 is 34.6 Å². The van der Waals surface area contributed by atoms with E-state index in [0.717, 1.165) is 19.3 Å². The van der Waals surface area contributed by atoms with Crippen LogP contribution in [0.25, 0.3) is 0 Å². The second kappa shape index (κ2) is 19.6. The summed E-state index contributed by atoms with van der Waals surface area (Å²) in [7, 11) is 0. The molecule has 0 amide bonds. The summed E-state index contributed by atoms with van der Waals surface area (Å²) in [6, 6.07) is 0.177. The second-order valence-corrected chi connectivity index (χ2v) is 7.89. The molecular formula is C20H44N4O7. The van der Waals surface area contributed by atoms with Crippen LogP contribution < -0.4 is 17.3 Å². The molecule has 0 fully saturated rings. The Bertz CT molecular complexity index is 418. The summed E-state index contributed by atoms with van der Waals surface area (Å²) >= 11 is 0. The first-order chi connectivity index (χ1) is 14.9. The topological polar surface area (TPSA) is 190 Å². The zero-order chi connectivity index (χ0) is 23.5. The molecule has 0 radical (unpaired) electrons. The highest BCUT2D eigenvalue weighted by atomic mass is 16.6. The molecule has 0 aromatic rings. The van der Waals surface area contributed by atoms with E-state index in [2.05, 4.69) is 0 Å². The van der Waals surface area contributed by atoms with E-state index in [4.69, 9.17) is 51.9 Å². The Labute approximate surface area is 185 Å². The molecule has 10 N–H and O–H groups in total. The van der Waals surface area contributed by atoms with Crippen LogP contribution in [0.2, 0.25) is 0 Å². The van der Waals surface area contributed by atoms with Crippen molar-refractivity contribution >= 4 is 0 Å². The van der Waals surface area contributed by atoms with Crippen molar-refractivity contribution in [1.29, 1.82) is 0 Å². The molecule has 0 aromatic heterocycles.